The van der Waals surface area contributed by atoms with Gasteiger partial charge in [-0.05, 0) is 26.1 Å². The van der Waals surface area contributed by atoms with Gasteiger partial charge in [-0.3, -0.25) is 10.1 Å². The van der Waals surface area contributed by atoms with Gasteiger partial charge in [-0.15, -0.1) is 0 Å². The number of hydrogen-bond donors (Lipinski definition) is 1. The molecule has 0 spiro atoms. The first-order valence-corrected chi connectivity index (χ1v) is 6.64. The molecule has 1 aromatic carbocycles. The summed E-state index contributed by atoms with van der Waals surface area (Å²) in [6.45, 7) is 2.13. The van der Waals surface area contributed by atoms with Crippen molar-refractivity contribution in [1.29, 1.82) is 0 Å². The van der Waals surface area contributed by atoms with Crippen molar-refractivity contribution < 1.29 is 9.18 Å². The quantitative estimate of drug-likeness (QED) is 0.863. The molecule has 2 unspecified atom stereocenters. The zero-order valence-electron chi connectivity index (χ0n) is 11.0. The minimum absolute atomic E-state index is 0.0635. The highest BCUT2D eigenvalue weighted by molar-refractivity contribution is 5.81. The predicted octanol–water partition coefficient (Wildman–Crippen LogP) is 0.960. The lowest BCUT2D eigenvalue weighted by Gasteiger charge is -2.30. The van der Waals surface area contributed by atoms with Gasteiger partial charge in [-0.2, -0.15) is 0 Å². The van der Waals surface area contributed by atoms with Gasteiger partial charge in [0, 0.05) is 18.2 Å². The molecule has 1 aromatic rings. The zero-order chi connectivity index (χ0) is 13.4. The van der Waals surface area contributed by atoms with E-state index in [1.54, 1.807) is 12.1 Å². The molecule has 3 rings (SSSR count). The Balaban J connectivity index is 1.88. The Hall–Kier alpha value is -1.46. The highest BCUT2D eigenvalue weighted by atomic mass is 19.1. The summed E-state index contributed by atoms with van der Waals surface area (Å²) >= 11 is 0. The Morgan fingerprint density at radius 1 is 1.37 bits per heavy atom. The van der Waals surface area contributed by atoms with Crippen molar-refractivity contribution in [2.45, 2.75) is 18.6 Å². The second-order valence-electron chi connectivity index (χ2n) is 5.31. The van der Waals surface area contributed by atoms with Crippen LogP contribution in [0.1, 0.15) is 18.2 Å². The summed E-state index contributed by atoms with van der Waals surface area (Å²) in [5, 5.41) is 3.12. The fourth-order valence-electron chi connectivity index (χ4n) is 3.03. The summed E-state index contributed by atoms with van der Waals surface area (Å²) in [6, 6.07) is 6.85. The second-order valence-corrected chi connectivity index (χ2v) is 5.31. The first-order valence-electron chi connectivity index (χ1n) is 6.64. The fraction of sp³-hybridized carbons (Fsp3) is 0.500. The number of benzene rings is 1. The SMILES string of the molecule is CN1CCC(N2C(=O)CNC2c2ccccc2F)C1. The van der Waals surface area contributed by atoms with E-state index in [0.29, 0.717) is 12.1 Å². The van der Waals surface area contributed by atoms with Gasteiger partial charge in [0.2, 0.25) is 5.91 Å². The number of rotatable bonds is 2. The van der Waals surface area contributed by atoms with Crippen LogP contribution in [0, 0.1) is 5.82 Å². The van der Waals surface area contributed by atoms with E-state index in [1.165, 1.54) is 6.07 Å². The summed E-state index contributed by atoms with van der Waals surface area (Å²) in [7, 11) is 2.05. The van der Waals surface area contributed by atoms with Crippen LogP contribution in [0.15, 0.2) is 24.3 Å². The maximum atomic E-state index is 13.9. The molecular formula is C14H18FN3O. The van der Waals surface area contributed by atoms with Crippen LogP contribution in [-0.4, -0.2) is 48.4 Å². The summed E-state index contributed by atoms with van der Waals surface area (Å²) < 4.78 is 13.9. The van der Waals surface area contributed by atoms with Crippen molar-refractivity contribution in [1.82, 2.24) is 15.1 Å². The summed E-state index contributed by atoms with van der Waals surface area (Å²) in [4.78, 5) is 16.1. The van der Waals surface area contributed by atoms with Crippen molar-refractivity contribution >= 4 is 5.91 Å². The van der Waals surface area contributed by atoms with Crippen molar-refractivity contribution in [3.63, 3.8) is 0 Å². The predicted molar refractivity (Wildman–Crippen MR) is 69.9 cm³/mol. The number of likely N-dealkylation sites (tertiary alicyclic amines) is 1. The maximum absolute atomic E-state index is 13.9. The minimum Gasteiger partial charge on any atom is -0.317 e. The van der Waals surface area contributed by atoms with E-state index in [-0.39, 0.29) is 23.9 Å². The van der Waals surface area contributed by atoms with Gasteiger partial charge in [0.1, 0.15) is 12.0 Å². The zero-order valence-corrected chi connectivity index (χ0v) is 11.0. The van der Waals surface area contributed by atoms with Crippen LogP contribution < -0.4 is 5.32 Å². The van der Waals surface area contributed by atoms with Gasteiger partial charge in [0.15, 0.2) is 0 Å². The topological polar surface area (TPSA) is 35.6 Å². The number of nitrogens with zero attached hydrogens (tertiary/aromatic N) is 2. The molecule has 19 heavy (non-hydrogen) atoms. The lowest BCUT2D eigenvalue weighted by Crippen LogP contribution is -2.41. The molecule has 2 aliphatic heterocycles. The van der Waals surface area contributed by atoms with E-state index in [9.17, 15) is 9.18 Å². The molecule has 2 heterocycles. The number of carbonyl (C=O) groups excluding carboxylic acids is 1. The molecule has 0 bridgehead atoms. The average Bonchev–Trinajstić information content (AvgIpc) is 2.96. The number of hydrogen-bond acceptors (Lipinski definition) is 3. The van der Waals surface area contributed by atoms with Crippen molar-refractivity contribution in [3.8, 4) is 0 Å². The molecule has 4 nitrogen and oxygen atoms in total. The molecule has 2 atom stereocenters. The Kier molecular flexibility index (Phi) is 3.24. The van der Waals surface area contributed by atoms with Gasteiger partial charge in [-0.25, -0.2) is 4.39 Å². The standard InChI is InChI=1S/C14H18FN3O/c1-17-7-6-10(9-17)18-13(19)8-16-14(18)11-4-2-3-5-12(11)15/h2-5,10,14,16H,6-9H2,1H3. The minimum atomic E-state index is -0.329. The fourth-order valence-corrected chi connectivity index (χ4v) is 3.03. The largest absolute Gasteiger partial charge is 0.317 e. The lowest BCUT2D eigenvalue weighted by molar-refractivity contribution is -0.130. The Bertz CT molecular complexity index is 493. The highest BCUT2D eigenvalue weighted by Crippen LogP contribution is 2.29. The maximum Gasteiger partial charge on any atom is 0.238 e. The van der Waals surface area contributed by atoms with Crippen LogP contribution in [0.2, 0.25) is 0 Å². The van der Waals surface area contributed by atoms with E-state index in [1.807, 2.05) is 18.0 Å². The third-order valence-corrected chi connectivity index (χ3v) is 3.97. The van der Waals surface area contributed by atoms with E-state index >= 15 is 0 Å². The summed E-state index contributed by atoms with van der Waals surface area (Å²) in [5.74, 6) is -0.195. The highest BCUT2D eigenvalue weighted by Gasteiger charge is 2.39. The van der Waals surface area contributed by atoms with Crippen LogP contribution >= 0.6 is 0 Å². The van der Waals surface area contributed by atoms with Crippen LogP contribution in [0.3, 0.4) is 0 Å². The van der Waals surface area contributed by atoms with Crippen molar-refractivity contribution in [2.75, 3.05) is 26.7 Å². The molecule has 1 amide bonds. The average molecular weight is 263 g/mol. The molecule has 0 radical (unpaired) electrons. The van der Waals surface area contributed by atoms with Crippen molar-refractivity contribution in [2.24, 2.45) is 0 Å². The third kappa shape index (κ3) is 2.24. The smallest absolute Gasteiger partial charge is 0.238 e. The first kappa shape index (κ1) is 12.6. The van der Waals surface area contributed by atoms with Gasteiger partial charge in [0.25, 0.3) is 0 Å². The Morgan fingerprint density at radius 3 is 2.84 bits per heavy atom. The Morgan fingerprint density at radius 2 is 2.16 bits per heavy atom. The number of halogens is 1. The molecule has 0 aromatic heterocycles. The lowest BCUT2D eigenvalue weighted by atomic mass is 10.1. The van der Waals surface area contributed by atoms with Gasteiger partial charge >= 0.3 is 0 Å². The van der Waals surface area contributed by atoms with Gasteiger partial charge < -0.3 is 9.80 Å². The van der Waals surface area contributed by atoms with Crippen LogP contribution in [0.5, 0.6) is 0 Å². The van der Waals surface area contributed by atoms with Crippen LogP contribution in [0.4, 0.5) is 4.39 Å². The van der Waals surface area contributed by atoms with E-state index in [0.717, 1.165) is 19.5 Å². The summed E-state index contributed by atoms with van der Waals surface area (Å²) in [5.41, 5.74) is 0.558. The van der Waals surface area contributed by atoms with E-state index in [2.05, 4.69) is 10.2 Å². The first-order chi connectivity index (χ1) is 9.16. The molecule has 0 aliphatic carbocycles. The monoisotopic (exact) mass is 263 g/mol. The molecule has 0 saturated carbocycles. The number of likely N-dealkylation sites (N-methyl/N-ethyl adjacent to an activating group) is 1. The second kappa shape index (κ2) is 4.90. The third-order valence-electron chi connectivity index (χ3n) is 3.97. The van der Waals surface area contributed by atoms with Gasteiger partial charge in [-0.1, -0.05) is 18.2 Å². The normalized spacial score (nSPS) is 28.3. The molecule has 1 N–H and O–H groups in total. The summed E-state index contributed by atoms with van der Waals surface area (Å²) in [6.07, 6.45) is 0.625. The number of amides is 1. The van der Waals surface area contributed by atoms with E-state index in [4.69, 9.17) is 0 Å². The molecule has 2 aliphatic rings. The Labute approximate surface area is 112 Å². The molecule has 2 saturated heterocycles. The molecule has 5 heteroatoms. The van der Waals surface area contributed by atoms with Gasteiger partial charge in [0.05, 0.1) is 6.54 Å². The molecule has 102 valence electrons. The molecule has 2 fully saturated rings. The van der Waals surface area contributed by atoms with Crippen molar-refractivity contribution in [3.05, 3.63) is 35.6 Å². The number of carbonyl (C=O) groups is 1. The number of nitrogens with one attached hydrogen (secondary N) is 1. The van der Waals surface area contributed by atoms with Crippen LogP contribution in [-0.2, 0) is 4.79 Å². The molecular weight excluding hydrogens is 245 g/mol. The van der Waals surface area contributed by atoms with Crippen LogP contribution in [0.25, 0.3) is 0 Å². The van der Waals surface area contributed by atoms with E-state index < -0.39 is 0 Å².